The van der Waals surface area contributed by atoms with Crippen LogP contribution in [0.2, 0.25) is 0 Å². The molecule has 1 atom stereocenters. The van der Waals surface area contributed by atoms with E-state index in [2.05, 4.69) is 25.6 Å². The van der Waals surface area contributed by atoms with E-state index in [0.717, 1.165) is 61.8 Å². The van der Waals surface area contributed by atoms with Gasteiger partial charge in [-0.25, -0.2) is 18.4 Å². The van der Waals surface area contributed by atoms with Crippen molar-refractivity contribution in [1.82, 2.24) is 14.5 Å². The highest BCUT2D eigenvalue weighted by Gasteiger charge is 2.28. The number of anilines is 1. The molecule has 156 valence electrons. The first kappa shape index (κ1) is 18.9. The van der Waals surface area contributed by atoms with Gasteiger partial charge in [-0.2, -0.15) is 10.4 Å². The number of aromatic nitrogens is 2. The lowest BCUT2D eigenvalue weighted by molar-refractivity contribution is 0.224. The fourth-order valence-electron chi connectivity index (χ4n) is 4.64. The zero-order valence-corrected chi connectivity index (χ0v) is 17.3. The Kier molecular flexibility index (Phi) is 4.62. The van der Waals surface area contributed by atoms with E-state index in [1.54, 1.807) is 10.9 Å². The predicted molar refractivity (Wildman–Crippen MR) is 109 cm³/mol. The number of aryl methyl sites for hydroxylation is 3. The van der Waals surface area contributed by atoms with Crippen LogP contribution in [0.25, 0.3) is 0 Å². The SMILES string of the molecule is N#CN[S@@](=O)(=NC(=O)Nc1c2c(cc3c1CCC3)CCC2)c1cnn2c1OCCC2. The van der Waals surface area contributed by atoms with E-state index < -0.39 is 15.9 Å². The number of benzene rings is 1. The van der Waals surface area contributed by atoms with E-state index in [9.17, 15) is 9.00 Å². The molecule has 2 aromatic rings. The number of nitriles is 1. The van der Waals surface area contributed by atoms with Crippen LogP contribution in [0, 0.1) is 11.5 Å². The monoisotopic (exact) mass is 426 g/mol. The van der Waals surface area contributed by atoms with E-state index in [4.69, 9.17) is 10.00 Å². The first-order valence-electron chi connectivity index (χ1n) is 10.2. The van der Waals surface area contributed by atoms with Gasteiger partial charge in [0.05, 0.1) is 12.8 Å². The number of hydrogen-bond donors (Lipinski definition) is 2. The van der Waals surface area contributed by atoms with Crippen LogP contribution in [0.5, 0.6) is 5.88 Å². The maximum absolute atomic E-state index is 13.5. The van der Waals surface area contributed by atoms with Gasteiger partial charge >= 0.3 is 6.03 Å². The lowest BCUT2D eigenvalue weighted by Crippen LogP contribution is -2.23. The number of urea groups is 1. The second-order valence-corrected chi connectivity index (χ2v) is 9.61. The van der Waals surface area contributed by atoms with E-state index in [1.165, 1.54) is 17.3 Å². The Morgan fingerprint density at radius 2 is 1.93 bits per heavy atom. The van der Waals surface area contributed by atoms with Gasteiger partial charge in [-0.3, -0.25) is 0 Å². The number of amides is 2. The minimum atomic E-state index is -3.57. The fraction of sp³-hybridized carbons (Fsp3) is 0.450. The number of hydrogen-bond acceptors (Lipinski definition) is 5. The highest BCUT2D eigenvalue weighted by atomic mass is 32.2. The third kappa shape index (κ3) is 3.10. The fourth-order valence-corrected chi connectivity index (χ4v) is 5.89. The number of rotatable bonds is 3. The zero-order chi connectivity index (χ0) is 20.7. The lowest BCUT2D eigenvalue weighted by Gasteiger charge is -2.17. The van der Waals surface area contributed by atoms with Crippen molar-refractivity contribution in [2.24, 2.45) is 4.36 Å². The molecule has 0 radical (unpaired) electrons. The molecular weight excluding hydrogens is 404 g/mol. The van der Waals surface area contributed by atoms with Crippen molar-refractivity contribution in [2.75, 3.05) is 11.9 Å². The molecule has 9 nitrogen and oxygen atoms in total. The normalized spacial score (nSPS) is 18.2. The summed E-state index contributed by atoms with van der Waals surface area (Å²) in [5.74, 6) is 0.284. The number of carbonyl (C=O) groups excluding carboxylic acids is 1. The summed E-state index contributed by atoms with van der Waals surface area (Å²) in [4.78, 5) is 13.0. The van der Waals surface area contributed by atoms with Gasteiger partial charge in [0.25, 0.3) is 0 Å². The summed E-state index contributed by atoms with van der Waals surface area (Å²) in [7, 11) is -3.57. The van der Waals surface area contributed by atoms with Crippen LogP contribution in [0.4, 0.5) is 10.5 Å². The average Bonchev–Trinajstić information content (AvgIpc) is 3.46. The smallest absolute Gasteiger partial charge is 0.355 e. The molecule has 5 rings (SSSR count). The molecule has 10 heteroatoms. The van der Waals surface area contributed by atoms with E-state index in [1.807, 2.05) is 0 Å². The topological polar surface area (TPSA) is 121 Å². The minimum Gasteiger partial charge on any atom is -0.477 e. The Labute approximate surface area is 174 Å². The number of ether oxygens (including phenoxy) is 1. The Hall–Kier alpha value is -3.06. The molecule has 0 saturated heterocycles. The van der Waals surface area contributed by atoms with E-state index in [-0.39, 0.29) is 10.8 Å². The third-order valence-corrected chi connectivity index (χ3v) is 7.58. The van der Waals surface area contributed by atoms with Gasteiger partial charge in [-0.05, 0) is 60.8 Å². The molecule has 0 unspecified atom stereocenters. The minimum absolute atomic E-state index is 0.113. The summed E-state index contributed by atoms with van der Waals surface area (Å²) < 4.78 is 26.8. The van der Waals surface area contributed by atoms with Crippen LogP contribution >= 0.6 is 0 Å². The Morgan fingerprint density at radius 3 is 2.63 bits per heavy atom. The van der Waals surface area contributed by atoms with Crippen LogP contribution in [0.15, 0.2) is 21.5 Å². The highest BCUT2D eigenvalue weighted by molar-refractivity contribution is 7.92. The van der Waals surface area contributed by atoms with Gasteiger partial charge in [-0.1, -0.05) is 6.07 Å². The Morgan fingerprint density at radius 1 is 1.20 bits per heavy atom. The van der Waals surface area contributed by atoms with Crippen molar-refractivity contribution in [2.45, 2.75) is 56.4 Å². The highest BCUT2D eigenvalue weighted by Crippen LogP contribution is 2.38. The Bertz CT molecular complexity index is 1170. The van der Waals surface area contributed by atoms with Gasteiger partial charge in [0, 0.05) is 18.7 Å². The Balaban J connectivity index is 1.53. The molecule has 2 N–H and O–H groups in total. The molecule has 2 amide bonds. The summed E-state index contributed by atoms with van der Waals surface area (Å²) in [6, 6.07) is 1.53. The molecular formula is C20H22N6O3S. The van der Waals surface area contributed by atoms with Crippen molar-refractivity contribution in [3.8, 4) is 12.1 Å². The number of nitrogens with zero attached hydrogens (tertiary/aromatic N) is 4. The van der Waals surface area contributed by atoms with E-state index >= 15 is 0 Å². The molecule has 30 heavy (non-hydrogen) atoms. The van der Waals surface area contributed by atoms with Crippen LogP contribution in [0.1, 0.15) is 41.5 Å². The van der Waals surface area contributed by atoms with Gasteiger partial charge in [0.2, 0.25) is 5.88 Å². The molecule has 0 saturated carbocycles. The average molecular weight is 427 g/mol. The van der Waals surface area contributed by atoms with Crippen LogP contribution in [0.3, 0.4) is 0 Å². The van der Waals surface area contributed by atoms with Crippen molar-refractivity contribution in [1.29, 1.82) is 5.26 Å². The lowest BCUT2D eigenvalue weighted by atomic mass is 9.99. The second kappa shape index (κ2) is 7.32. The van der Waals surface area contributed by atoms with Crippen molar-refractivity contribution >= 4 is 21.6 Å². The van der Waals surface area contributed by atoms with Gasteiger partial charge in [0.1, 0.15) is 0 Å². The number of fused-ring (bicyclic) bond motifs is 3. The molecule has 2 heterocycles. The van der Waals surface area contributed by atoms with E-state index in [0.29, 0.717) is 13.2 Å². The van der Waals surface area contributed by atoms with Crippen LogP contribution in [-0.4, -0.2) is 26.6 Å². The third-order valence-electron chi connectivity index (χ3n) is 5.91. The summed E-state index contributed by atoms with van der Waals surface area (Å²) in [6.07, 6.45) is 9.76. The first-order chi connectivity index (χ1) is 14.6. The van der Waals surface area contributed by atoms with Crippen LogP contribution < -0.4 is 14.8 Å². The summed E-state index contributed by atoms with van der Waals surface area (Å²) in [5.41, 5.74) is 5.69. The van der Waals surface area contributed by atoms with Gasteiger partial charge in [-0.15, -0.1) is 4.36 Å². The van der Waals surface area contributed by atoms with Crippen LogP contribution in [-0.2, 0) is 42.1 Å². The quantitative estimate of drug-likeness (QED) is 0.577. The molecule has 0 bridgehead atoms. The molecule has 2 aliphatic carbocycles. The second-order valence-electron chi connectivity index (χ2n) is 7.73. The van der Waals surface area contributed by atoms with Gasteiger partial charge in [0.15, 0.2) is 21.0 Å². The molecule has 0 fully saturated rings. The summed E-state index contributed by atoms with van der Waals surface area (Å²) >= 11 is 0. The van der Waals surface area contributed by atoms with Crippen molar-refractivity contribution in [3.05, 3.63) is 34.5 Å². The zero-order valence-electron chi connectivity index (χ0n) is 16.4. The number of carbonyl (C=O) groups is 1. The molecule has 1 aliphatic heterocycles. The maximum Gasteiger partial charge on any atom is 0.355 e. The summed E-state index contributed by atoms with van der Waals surface area (Å²) in [5, 5.41) is 16.2. The number of nitrogens with one attached hydrogen (secondary N) is 2. The first-order valence-corrected chi connectivity index (χ1v) is 11.7. The summed E-state index contributed by atoms with van der Waals surface area (Å²) in [6.45, 7) is 1.07. The van der Waals surface area contributed by atoms with Crippen molar-refractivity contribution < 1.29 is 13.7 Å². The maximum atomic E-state index is 13.5. The standard InChI is InChI=1S/C20H22N6O3S/c21-12-23-30(28,17-11-22-26-8-3-9-29-19(17)26)25-20(27)24-18-15-6-1-4-13(15)10-14-5-2-7-16(14)18/h10-11H,1-9H2,(H2,23,24,25,27,28)/t30-/m1/s1. The molecule has 3 aliphatic rings. The van der Waals surface area contributed by atoms with Crippen molar-refractivity contribution in [3.63, 3.8) is 0 Å². The van der Waals surface area contributed by atoms with Gasteiger partial charge < -0.3 is 10.1 Å². The predicted octanol–water partition coefficient (Wildman–Crippen LogP) is 2.69. The molecule has 1 aromatic carbocycles. The molecule has 0 spiro atoms. The molecule has 1 aromatic heterocycles. The largest absolute Gasteiger partial charge is 0.477 e.